The molecule has 0 saturated carbocycles. The van der Waals surface area contributed by atoms with Gasteiger partial charge in [-0.05, 0) is 30.2 Å². The van der Waals surface area contributed by atoms with Gasteiger partial charge in [0.05, 0.1) is 12.7 Å². The molecule has 134 valence electrons. The fourth-order valence-electron chi connectivity index (χ4n) is 2.49. The molecule has 0 radical (unpaired) electrons. The lowest BCUT2D eigenvalue weighted by Crippen LogP contribution is -2.37. The molecule has 6 heteroatoms. The minimum Gasteiger partial charge on any atom is -0.381 e. The van der Waals surface area contributed by atoms with Crippen LogP contribution >= 0.6 is 11.8 Å². The number of benzene rings is 1. The van der Waals surface area contributed by atoms with Gasteiger partial charge in [-0.25, -0.2) is 0 Å². The van der Waals surface area contributed by atoms with Crippen molar-refractivity contribution in [2.24, 2.45) is 4.99 Å². The van der Waals surface area contributed by atoms with Gasteiger partial charge in [-0.2, -0.15) is 11.8 Å². The first-order chi connectivity index (χ1) is 11.8. The highest BCUT2D eigenvalue weighted by molar-refractivity contribution is 7.98. The Morgan fingerprint density at radius 3 is 2.58 bits per heavy atom. The Labute approximate surface area is 149 Å². The molecule has 1 aromatic carbocycles. The van der Waals surface area contributed by atoms with E-state index in [2.05, 4.69) is 46.1 Å². The lowest BCUT2D eigenvalue weighted by Gasteiger charge is -2.22. The SMILES string of the molecule is CN=C(NCCSC)NCc1ccc(COC2CCOCC2)cc1. The van der Waals surface area contributed by atoms with E-state index in [0.717, 1.165) is 50.9 Å². The van der Waals surface area contributed by atoms with Gasteiger partial charge in [0, 0.05) is 39.1 Å². The van der Waals surface area contributed by atoms with Crippen LogP contribution < -0.4 is 10.6 Å². The van der Waals surface area contributed by atoms with E-state index < -0.39 is 0 Å². The summed E-state index contributed by atoms with van der Waals surface area (Å²) >= 11 is 1.82. The third-order valence-electron chi connectivity index (χ3n) is 3.96. The van der Waals surface area contributed by atoms with E-state index in [9.17, 15) is 0 Å². The Hall–Kier alpha value is -1.24. The van der Waals surface area contributed by atoms with E-state index >= 15 is 0 Å². The first kappa shape index (κ1) is 19.1. The standard InChI is InChI=1S/C18H29N3O2S/c1-19-18(20-9-12-24-2)21-13-15-3-5-16(6-4-15)14-23-17-7-10-22-11-8-17/h3-6,17H,7-14H2,1-2H3,(H2,19,20,21). The molecule has 1 fully saturated rings. The number of thioether (sulfide) groups is 1. The fraction of sp³-hybridized carbons (Fsp3) is 0.611. The molecule has 0 aromatic heterocycles. The van der Waals surface area contributed by atoms with Crippen molar-refractivity contribution in [3.8, 4) is 0 Å². The second kappa shape index (κ2) is 11.3. The highest BCUT2D eigenvalue weighted by atomic mass is 32.2. The third-order valence-corrected chi connectivity index (χ3v) is 4.57. The Morgan fingerprint density at radius 1 is 1.21 bits per heavy atom. The van der Waals surface area contributed by atoms with Crippen molar-refractivity contribution < 1.29 is 9.47 Å². The Morgan fingerprint density at radius 2 is 1.92 bits per heavy atom. The monoisotopic (exact) mass is 351 g/mol. The lowest BCUT2D eigenvalue weighted by atomic mass is 10.1. The predicted octanol–water partition coefficient (Wildman–Crippen LogP) is 2.41. The van der Waals surface area contributed by atoms with Gasteiger partial charge in [-0.15, -0.1) is 0 Å². The van der Waals surface area contributed by atoms with Crippen LogP contribution in [0.2, 0.25) is 0 Å². The zero-order valence-corrected chi connectivity index (χ0v) is 15.5. The van der Waals surface area contributed by atoms with E-state index in [1.165, 1.54) is 11.1 Å². The van der Waals surface area contributed by atoms with Gasteiger partial charge in [-0.1, -0.05) is 24.3 Å². The van der Waals surface area contributed by atoms with Crippen molar-refractivity contribution in [1.29, 1.82) is 0 Å². The van der Waals surface area contributed by atoms with Gasteiger partial charge in [0.2, 0.25) is 0 Å². The smallest absolute Gasteiger partial charge is 0.191 e. The average Bonchev–Trinajstić information content (AvgIpc) is 2.64. The number of nitrogens with zero attached hydrogens (tertiary/aromatic N) is 1. The molecule has 5 nitrogen and oxygen atoms in total. The quantitative estimate of drug-likeness (QED) is 0.428. The first-order valence-corrected chi connectivity index (χ1v) is 9.92. The normalized spacial score (nSPS) is 16.2. The Balaban J connectivity index is 1.70. The van der Waals surface area contributed by atoms with Crippen LogP contribution in [0.1, 0.15) is 24.0 Å². The van der Waals surface area contributed by atoms with E-state index in [1.54, 1.807) is 7.05 Å². The summed E-state index contributed by atoms with van der Waals surface area (Å²) in [5.41, 5.74) is 2.45. The molecule has 1 aliphatic rings. The summed E-state index contributed by atoms with van der Waals surface area (Å²) in [7, 11) is 1.80. The first-order valence-electron chi connectivity index (χ1n) is 8.52. The van der Waals surface area contributed by atoms with Gasteiger partial charge in [0.25, 0.3) is 0 Å². The van der Waals surface area contributed by atoms with Crippen molar-refractivity contribution >= 4 is 17.7 Å². The van der Waals surface area contributed by atoms with E-state index in [0.29, 0.717) is 12.7 Å². The fourth-order valence-corrected chi connectivity index (χ4v) is 2.79. The second-order valence-electron chi connectivity index (χ2n) is 5.78. The average molecular weight is 352 g/mol. The summed E-state index contributed by atoms with van der Waals surface area (Å²) in [6.45, 7) is 4.00. The maximum atomic E-state index is 5.95. The number of hydrogen-bond donors (Lipinski definition) is 2. The van der Waals surface area contributed by atoms with Crippen LogP contribution in [-0.2, 0) is 22.6 Å². The molecule has 0 spiro atoms. The highest BCUT2D eigenvalue weighted by Gasteiger charge is 2.13. The number of hydrogen-bond acceptors (Lipinski definition) is 4. The zero-order valence-electron chi connectivity index (χ0n) is 14.7. The van der Waals surface area contributed by atoms with Gasteiger partial charge in [0.1, 0.15) is 0 Å². The third kappa shape index (κ3) is 7.11. The topological polar surface area (TPSA) is 54.9 Å². The van der Waals surface area contributed by atoms with Crippen LogP contribution in [0, 0.1) is 0 Å². The zero-order chi connectivity index (χ0) is 17.0. The molecule has 24 heavy (non-hydrogen) atoms. The molecule has 2 rings (SSSR count). The predicted molar refractivity (Wildman–Crippen MR) is 102 cm³/mol. The molecule has 0 atom stereocenters. The minimum absolute atomic E-state index is 0.343. The van der Waals surface area contributed by atoms with Crippen LogP contribution in [0.15, 0.2) is 29.3 Å². The lowest BCUT2D eigenvalue weighted by molar-refractivity contribution is -0.0390. The van der Waals surface area contributed by atoms with Crippen LogP contribution in [0.5, 0.6) is 0 Å². The summed E-state index contributed by atoms with van der Waals surface area (Å²) in [5, 5.41) is 6.63. The summed E-state index contributed by atoms with van der Waals surface area (Å²) < 4.78 is 11.3. The molecule has 0 amide bonds. The summed E-state index contributed by atoms with van der Waals surface area (Å²) in [6, 6.07) is 8.57. The molecular formula is C18H29N3O2S. The summed E-state index contributed by atoms with van der Waals surface area (Å²) in [5.74, 6) is 1.92. The van der Waals surface area contributed by atoms with Gasteiger partial charge in [-0.3, -0.25) is 4.99 Å². The second-order valence-corrected chi connectivity index (χ2v) is 6.77. The highest BCUT2D eigenvalue weighted by Crippen LogP contribution is 2.14. The van der Waals surface area contributed by atoms with Crippen molar-refractivity contribution in [1.82, 2.24) is 10.6 Å². The molecule has 1 aliphatic heterocycles. The van der Waals surface area contributed by atoms with Crippen molar-refractivity contribution in [2.75, 3.05) is 38.8 Å². The summed E-state index contributed by atoms with van der Waals surface area (Å²) in [4.78, 5) is 4.23. The molecule has 1 aromatic rings. The molecule has 1 saturated heterocycles. The van der Waals surface area contributed by atoms with E-state index in [4.69, 9.17) is 9.47 Å². The molecular weight excluding hydrogens is 322 g/mol. The van der Waals surface area contributed by atoms with Crippen LogP contribution in [0.4, 0.5) is 0 Å². The van der Waals surface area contributed by atoms with Gasteiger partial charge >= 0.3 is 0 Å². The number of nitrogens with one attached hydrogen (secondary N) is 2. The number of rotatable bonds is 8. The van der Waals surface area contributed by atoms with Crippen LogP contribution in [-0.4, -0.2) is 50.9 Å². The molecule has 0 aliphatic carbocycles. The molecule has 1 heterocycles. The Bertz CT molecular complexity index is 488. The maximum Gasteiger partial charge on any atom is 0.191 e. The van der Waals surface area contributed by atoms with E-state index in [1.807, 2.05) is 11.8 Å². The maximum absolute atomic E-state index is 5.95. The molecule has 0 unspecified atom stereocenters. The van der Waals surface area contributed by atoms with Crippen molar-refractivity contribution in [3.63, 3.8) is 0 Å². The number of guanidine groups is 1. The van der Waals surface area contributed by atoms with Crippen LogP contribution in [0.25, 0.3) is 0 Å². The number of ether oxygens (including phenoxy) is 2. The minimum atomic E-state index is 0.343. The number of aliphatic imine (C=N–C) groups is 1. The van der Waals surface area contributed by atoms with Crippen molar-refractivity contribution in [2.45, 2.75) is 32.1 Å². The largest absolute Gasteiger partial charge is 0.381 e. The van der Waals surface area contributed by atoms with Crippen molar-refractivity contribution in [3.05, 3.63) is 35.4 Å². The van der Waals surface area contributed by atoms with Gasteiger partial charge in [0.15, 0.2) is 5.96 Å². The molecule has 0 bridgehead atoms. The van der Waals surface area contributed by atoms with Gasteiger partial charge < -0.3 is 20.1 Å². The van der Waals surface area contributed by atoms with Crippen LogP contribution in [0.3, 0.4) is 0 Å². The van der Waals surface area contributed by atoms with E-state index in [-0.39, 0.29) is 0 Å². The Kier molecular flexibility index (Phi) is 9.02. The summed E-state index contributed by atoms with van der Waals surface area (Å²) in [6.07, 6.45) is 4.45. The molecule has 2 N–H and O–H groups in total.